The van der Waals surface area contributed by atoms with E-state index in [0.29, 0.717) is 12.3 Å². The van der Waals surface area contributed by atoms with E-state index in [4.69, 9.17) is 9.47 Å². The number of carbonyl (C=O) groups excluding carboxylic acids is 1. The normalized spacial score (nSPS) is 15.9. The van der Waals surface area contributed by atoms with Crippen LogP contribution in [-0.2, 0) is 24.6 Å². The summed E-state index contributed by atoms with van der Waals surface area (Å²) >= 11 is 0. The lowest BCUT2D eigenvalue weighted by Gasteiger charge is -2.23. The molecule has 1 aromatic heterocycles. The molecule has 1 N–H and O–H groups in total. The number of rotatable bonds is 6. The van der Waals surface area contributed by atoms with Gasteiger partial charge in [0, 0.05) is 29.3 Å². The quantitative estimate of drug-likeness (QED) is 0.451. The van der Waals surface area contributed by atoms with E-state index >= 15 is 0 Å². The third kappa shape index (κ3) is 5.26. The molecule has 1 atom stereocenters. The number of aryl methyl sites for hydroxylation is 1. The Morgan fingerprint density at radius 3 is 2.62 bits per heavy atom. The Bertz CT molecular complexity index is 1080. The van der Waals surface area contributed by atoms with Gasteiger partial charge in [0.05, 0.1) is 6.61 Å². The van der Waals surface area contributed by atoms with Gasteiger partial charge in [0.1, 0.15) is 11.4 Å². The molecule has 3 aromatic rings. The SMILES string of the molecule is Cn1c2c(c3ccccc31)CC(CCCOc1ccc(NC(=O)OC(C)(C)C)cc1)CC2. The van der Waals surface area contributed by atoms with E-state index in [1.165, 1.54) is 35.9 Å². The van der Waals surface area contributed by atoms with Gasteiger partial charge in [0.15, 0.2) is 0 Å². The zero-order valence-electron chi connectivity index (χ0n) is 19.6. The average Bonchev–Trinajstić information content (AvgIpc) is 3.03. The molecule has 170 valence electrons. The lowest BCUT2D eigenvalue weighted by atomic mass is 9.84. The Hall–Kier alpha value is -2.95. The topological polar surface area (TPSA) is 52.5 Å². The molecule has 1 heterocycles. The van der Waals surface area contributed by atoms with Gasteiger partial charge in [-0.2, -0.15) is 0 Å². The van der Waals surface area contributed by atoms with Crippen LogP contribution in [0.25, 0.3) is 10.9 Å². The van der Waals surface area contributed by atoms with Crippen LogP contribution in [-0.4, -0.2) is 22.9 Å². The van der Waals surface area contributed by atoms with Crippen molar-refractivity contribution >= 4 is 22.7 Å². The van der Waals surface area contributed by atoms with E-state index in [2.05, 4.69) is 41.2 Å². The van der Waals surface area contributed by atoms with Crippen molar-refractivity contribution in [1.29, 1.82) is 0 Å². The van der Waals surface area contributed by atoms with E-state index in [1.807, 2.05) is 45.0 Å². The number of hydrogen-bond acceptors (Lipinski definition) is 3. The number of aromatic nitrogens is 1. The number of amides is 1. The Morgan fingerprint density at radius 1 is 1.12 bits per heavy atom. The lowest BCUT2D eigenvalue weighted by molar-refractivity contribution is 0.0636. The number of hydrogen-bond donors (Lipinski definition) is 1. The van der Waals surface area contributed by atoms with Crippen LogP contribution < -0.4 is 10.1 Å². The van der Waals surface area contributed by atoms with Gasteiger partial charge in [-0.25, -0.2) is 4.79 Å². The summed E-state index contributed by atoms with van der Waals surface area (Å²) in [7, 11) is 2.20. The minimum Gasteiger partial charge on any atom is -0.494 e. The third-order valence-electron chi connectivity index (χ3n) is 6.15. The summed E-state index contributed by atoms with van der Waals surface area (Å²) in [5.74, 6) is 1.54. The highest BCUT2D eigenvalue weighted by atomic mass is 16.6. The van der Waals surface area contributed by atoms with Gasteiger partial charge in [0.25, 0.3) is 0 Å². The second-order valence-corrected chi connectivity index (χ2v) is 9.75. The number of benzene rings is 2. The van der Waals surface area contributed by atoms with E-state index in [9.17, 15) is 4.79 Å². The molecule has 1 amide bonds. The fourth-order valence-corrected chi connectivity index (χ4v) is 4.67. The molecule has 1 unspecified atom stereocenters. The second-order valence-electron chi connectivity index (χ2n) is 9.75. The molecule has 5 nitrogen and oxygen atoms in total. The van der Waals surface area contributed by atoms with Crippen LogP contribution in [0.5, 0.6) is 5.75 Å². The molecule has 0 aliphatic heterocycles. The zero-order chi connectivity index (χ0) is 22.7. The molecule has 0 spiro atoms. The zero-order valence-corrected chi connectivity index (χ0v) is 19.6. The summed E-state index contributed by atoms with van der Waals surface area (Å²) in [6, 6.07) is 16.2. The first-order valence-corrected chi connectivity index (χ1v) is 11.6. The molecule has 0 saturated heterocycles. The van der Waals surface area contributed by atoms with Crippen LogP contribution in [0.1, 0.15) is 51.3 Å². The standard InChI is InChI=1S/C27H34N2O3/c1-27(2,3)32-26(30)28-20-12-14-21(15-13-20)31-17-7-8-19-11-16-25-23(18-19)22-9-5-6-10-24(22)29(25)4/h5-6,9-10,12-15,19H,7-8,11,16-18H2,1-4H3,(H,28,30). The first-order chi connectivity index (χ1) is 15.3. The highest BCUT2D eigenvalue weighted by molar-refractivity contribution is 5.86. The van der Waals surface area contributed by atoms with Crippen LogP contribution in [0.3, 0.4) is 0 Å². The van der Waals surface area contributed by atoms with Gasteiger partial charge in [-0.3, -0.25) is 5.32 Å². The summed E-state index contributed by atoms with van der Waals surface area (Å²) in [4.78, 5) is 11.9. The third-order valence-corrected chi connectivity index (χ3v) is 6.15. The predicted octanol–water partition coefficient (Wildman–Crippen LogP) is 6.49. The highest BCUT2D eigenvalue weighted by Gasteiger charge is 2.24. The first kappa shape index (κ1) is 22.3. The van der Waals surface area contributed by atoms with Gasteiger partial charge >= 0.3 is 6.09 Å². The van der Waals surface area contributed by atoms with Crippen molar-refractivity contribution in [2.75, 3.05) is 11.9 Å². The summed E-state index contributed by atoms with van der Waals surface area (Å²) in [5, 5.41) is 4.16. The Morgan fingerprint density at radius 2 is 1.88 bits per heavy atom. The molecule has 0 radical (unpaired) electrons. The Kier molecular flexibility index (Phi) is 6.45. The first-order valence-electron chi connectivity index (χ1n) is 11.6. The number of anilines is 1. The minimum atomic E-state index is -0.513. The molecule has 4 rings (SSSR count). The van der Waals surface area contributed by atoms with Crippen LogP contribution >= 0.6 is 0 Å². The number of ether oxygens (including phenoxy) is 2. The van der Waals surface area contributed by atoms with Crippen LogP contribution in [0.2, 0.25) is 0 Å². The fourth-order valence-electron chi connectivity index (χ4n) is 4.67. The second kappa shape index (κ2) is 9.27. The molecule has 0 bridgehead atoms. The van der Waals surface area contributed by atoms with Gasteiger partial charge in [0.2, 0.25) is 0 Å². The van der Waals surface area contributed by atoms with Crippen molar-refractivity contribution in [2.45, 2.75) is 58.5 Å². The summed E-state index contributed by atoms with van der Waals surface area (Å²) in [6.45, 7) is 6.24. The predicted molar refractivity (Wildman–Crippen MR) is 129 cm³/mol. The Balaban J connectivity index is 1.23. The number of nitrogens with zero attached hydrogens (tertiary/aromatic N) is 1. The molecular weight excluding hydrogens is 400 g/mol. The molecule has 0 fully saturated rings. The Labute approximate surface area is 190 Å². The maximum absolute atomic E-state index is 11.9. The van der Waals surface area contributed by atoms with Crippen molar-refractivity contribution < 1.29 is 14.3 Å². The van der Waals surface area contributed by atoms with Crippen molar-refractivity contribution in [2.24, 2.45) is 13.0 Å². The highest BCUT2D eigenvalue weighted by Crippen LogP contribution is 2.35. The number of fused-ring (bicyclic) bond motifs is 3. The molecule has 32 heavy (non-hydrogen) atoms. The van der Waals surface area contributed by atoms with E-state index in [0.717, 1.165) is 24.5 Å². The monoisotopic (exact) mass is 434 g/mol. The minimum absolute atomic E-state index is 0.451. The molecule has 0 saturated carbocycles. The van der Waals surface area contributed by atoms with Crippen molar-refractivity contribution in [3.63, 3.8) is 0 Å². The molecule has 1 aliphatic rings. The maximum atomic E-state index is 11.9. The van der Waals surface area contributed by atoms with Crippen molar-refractivity contribution in [1.82, 2.24) is 4.57 Å². The number of nitrogens with one attached hydrogen (secondary N) is 1. The summed E-state index contributed by atoms with van der Waals surface area (Å²) < 4.78 is 13.6. The van der Waals surface area contributed by atoms with E-state index in [1.54, 1.807) is 5.56 Å². The molecule has 2 aromatic carbocycles. The van der Waals surface area contributed by atoms with Gasteiger partial charge < -0.3 is 14.0 Å². The largest absolute Gasteiger partial charge is 0.494 e. The molecule has 5 heteroatoms. The van der Waals surface area contributed by atoms with Gasteiger partial charge in [-0.05, 0) is 94.7 Å². The number of para-hydroxylation sites is 1. The van der Waals surface area contributed by atoms with Crippen LogP contribution in [0, 0.1) is 5.92 Å². The van der Waals surface area contributed by atoms with Crippen molar-refractivity contribution in [3.05, 3.63) is 59.8 Å². The van der Waals surface area contributed by atoms with Gasteiger partial charge in [-0.1, -0.05) is 18.2 Å². The molecular formula is C27H34N2O3. The van der Waals surface area contributed by atoms with E-state index < -0.39 is 11.7 Å². The van der Waals surface area contributed by atoms with Crippen LogP contribution in [0.15, 0.2) is 48.5 Å². The summed E-state index contributed by atoms with van der Waals surface area (Å²) in [6.07, 6.45) is 5.36. The van der Waals surface area contributed by atoms with Crippen molar-refractivity contribution in [3.8, 4) is 5.75 Å². The molecule has 1 aliphatic carbocycles. The van der Waals surface area contributed by atoms with Crippen LogP contribution in [0.4, 0.5) is 10.5 Å². The summed E-state index contributed by atoms with van der Waals surface area (Å²) in [5.41, 5.74) is 4.60. The fraction of sp³-hybridized carbons (Fsp3) is 0.444. The lowest BCUT2D eigenvalue weighted by Crippen LogP contribution is -2.27. The number of carbonyl (C=O) groups is 1. The maximum Gasteiger partial charge on any atom is 0.412 e. The van der Waals surface area contributed by atoms with Gasteiger partial charge in [-0.15, -0.1) is 0 Å². The smallest absolute Gasteiger partial charge is 0.412 e. The average molecular weight is 435 g/mol. The van der Waals surface area contributed by atoms with E-state index in [-0.39, 0.29) is 0 Å².